The Morgan fingerprint density at radius 3 is 2.35 bits per heavy atom. The van der Waals surface area contributed by atoms with E-state index in [1.54, 1.807) is 0 Å². The van der Waals surface area contributed by atoms with Crippen molar-refractivity contribution in [2.75, 3.05) is 5.32 Å². The van der Waals surface area contributed by atoms with Crippen molar-refractivity contribution in [1.29, 1.82) is 0 Å². The van der Waals surface area contributed by atoms with Gasteiger partial charge in [-0.1, -0.05) is 42.5 Å². The number of alkyl halides is 3. The number of anilines is 1. The van der Waals surface area contributed by atoms with Gasteiger partial charge in [-0.15, -0.1) is 0 Å². The average Bonchev–Trinajstić information content (AvgIpc) is 3.22. The third kappa shape index (κ3) is 3.87. The highest BCUT2D eigenvalue weighted by Gasteiger charge is 2.33. The summed E-state index contributed by atoms with van der Waals surface area (Å²) in [5.74, 6) is 0.545. The fraction of sp³-hybridized carbons (Fsp3) is 0.308. The number of halogens is 3. The van der Waals surface area contributed by atoms with E-state index in [0.717, 1.165) is 40.2 Å². The van der Waals surface area contributed by atoms with E-state index in [9.17, 15) is 18.0 Å². The van der Waals surface area contributed by atoms with Crippen LogP contribution >= 0.6 is 0 Å². The Morgan fingerprint density at radius 1 is 1.03 bits per heavy atom. The van der Waals surface area contributed by atoms with Gasteiger partial charge in [-0.25, -0.2) is 0 Å². The molecule has 1 N–H and O–H groups in total. The maximum absolute atomic E-state index is 13.2. The molecule has 0 aliphatic carbocycles. The average molecular weight is 467 g/mol. The number of aryl methyl sites for hydroxylation is 1. The van der Waals surface area contributed by atoms with E-state index in [2.05, 4.69) is 24.1 Å². The van der Waals surface area contributed by atoms with Crippen LogP contribution in [0.15, 0.2) is 59.4 Å². The smallest absolute Gasteiger partial charge is 0.349 e. The standard InChI is InChI=1S/C26H25F3N4O/c1-16-22-21(23(34)30-24-31-25(2,3)15-33(22)24)20(13-17-7-5-4-6-8-17)32(16)14-18-9-11-19(12-10-18)26(27,28)29/h4-12H,13-15H2,1-3H3,(H,30,31,34). The van der Waals surface area contributed by atoms with E-state index in [1.165, 1.54) is 12.1 Å². The molecule has 0 atom stereocenters. The Bertz CT molecular complexity index is 1430. The summed E-state index contributed by atoms with van der Waals surface area (Å²) in [5, 5.41) is 3.88. The fourth-order valence-electron chi connectivity index (χ4n) is 4.81. The second-order valence-electron chi connectivity index (χ2n) is 9.53. The summed E-state index contributed by atoms with van der Waals surface area (Å²) in [6.45, 7) is 7.07. The van der Waals surface area contributed by atoms with Crippen LogP contribution in [0, 0.1) is 6.92 Å². The van der Waals surface area contributed by atoms with Crippen LogP contribution in [-0.4, -0.2) is 19.7 Å². The van der Waals surface area contributed by atoms with Crippen LogP contribution in [0.5, 0.6) is 0 Å². The van der Waals surface area contributed by atoms with Crippen LogP contribution in [-0.2, 0) is 25.7 Å². The minimum atomic E-state index is -4.38. The molecular formula is C26H25F3N4O. The first-order valence-corrected chi connectivity index (χ1v) is 11.1. The molecule has 0 saturated heterocycles. The summed E-state index contributed by atoms with van der Waals surface area (Å²) in [4.78, 5) is 17.6. The minimum Gasteiger partial charge on any atom is -0.349 e. The van der Waals surface area contributed by atoms with Crippen LogP contribution in [0.3, 0.4) is 0 Å². The molecule has 0 saturated carbocycles. The van der Waals surface area contributed by atoms with Crippen LogP contribution in [0.2, 0.25) is 0 Å². The minimum absolute atomic E-state index is 0.248. The van der Waals surface area contributed by atoms with Crippen LogP contribution in [0.1, 0.15) is 41.9 Å². The Balaban J connectivity index is 1.69. The molecule has 8 heteroatoms. The number of hydrogen-bond donors (Lipinski definition) is 1. The van der Waals surface area contributed by atoms with E-state index in [1.807, 2.05) is 46.4 Å². The van der Waals surface area contributed by atoms with Crippen LogP contribution in [0.4, 0.5) is 19.1 Å². The fourth-order valence-corrected chi connectivity index (χ4v) is 4.81. The Hall–Kier alpha value is -3.55. The molecule has 2 aromatic carbocycles. The number of hydrogen-bond acceptors (Lipinski definition) is 3. The maximum atomic E-state index is 13.2. The van der Waals surface area contributed by atoms with E-state index in [4.69, 9.17) is 0 Å². The van der Waals surface area contributed by atoms with E-state index >= 15 is 0 Å². The zero-order valence-corrected chi connectivity index (χ0v) is 19.2. The van der Waals surface area contributed by atoms with Crippen molar-refractivity contribution in [3.05, 3.63) is 93.0 Å². The lowest BCUT2D eigenvalue weighted by molar-refractivity contribution is -0.137. The van der Waals surface area contributed by atoms with Crippen molar-refractivity contribution >= 4 is 16.9 Å². The number of benzene rings is 2. The number of aromatic nitrogens is 3. The summed E-state index contributed by atoms with van der Waals surface area (Å²) in [5.41, 5.74) is 3.07. The molecule has 5 nitrogen and oxygen atoms in total. The Labute approximate surface area is 194 Å². The monoisotopic (exact) mass is 466 g/mol. The van der Waals surface area contributed by atoms with E-state index in [0.29, 0.717) is 30.8 Å². The second kappa shape index (κ2) is 7.75. The highest BCUT2D eigenvalue weighted by Crippen LogP contribution is 2.34. The number of rotatable bonds is 4. The predicted molar refractivity (Wildman–Crippen MR) is 126 cm³/mol. The molecule has 4 aromatic rings. The topological polar surface area (TPSA) is 51.9 Å². The molecule has 2 aromatic heterocycles. The quantitative estimate of drug-likeness (QED) is 0.440. The summed E-state index contributed by atoms with van der Waals surface area (Å²) in [6, 6.07) is 15.0. The molecule has 0 amide bonds. The number of nitrogens with zero attached hydrogens (tertiary/aromatic N) is 3. The first-order valence-electron chi connectivity index (χ1n) is 11.1. The molecule has 176 valence electrons. The molecule has 0 radical (unpaired) electrons. The summed E-state index contributed by atoms with van der Waals surface area (Å²) >= 11 is 0. The normalized spacial score (nSPS) is 14.9. The summed E-state index contributed by atoms with van der Waals surface area (Å²) < 4.78 is 43.2. The summed E-state index contributed by atoms with van der Waals surface area (Å²) in [7, 11) is 0. The highest BCUT2D eigenvalue weighted by molar-refractivity contribution is 5.87. The first kappa shape index (κ1) is 22.3. The second-order valence-corrected chi connectivity index (χ2v) is 9.53. The number of fused-ring (bicyclic) bond motifs is 3. The van der Waals surface area contributed by atoms with Gasteiger partial charge >= 0.3 is 6.18 Å². The zero-order valence-electron chi connectivity index (χ0n) is 19.2. The van der Waals surface area contributed by atoms with Crippen molar-refractivity contribution < 1.29 is 13.2 Å². The predicted octanol–water partition coefficient (Wildman–Crippen LogP) is 5.37. The third-order valence-electron chi connectivity index (χ3n) is 6.39. The van der Waals surface area contributed by atoms with Gasteiger partial charge in [0.25, 0.3) is 5.56 Å². The van der Waals surface area contributed by atoms with Gasteiger partial charge < -0.3 is 14.5 Å². The van der Waals surface area contributed by atoms with Gasteiger partial charge in [0.15, 0.2) is 0 Å². The molecular weight excluding hydrogens is 441 g/mol. The zero-order chi connectivity index (χ0) is 24.3. The van der Waals surface area contributed by atoms with Gasteiger partial charge in [-0.05, 0) is 44.0 Å². The molecule has 1 aliphatic heterocycles. The SMILES string of the molecule is Cc1c2c(c(Cc3ccccc3)n1Cc1ccc(C(F)(F)F)cc1)c(=O)nc1n2CC(C)(C)N1. The lowest BCUT2D eigenvalue weighted by Gasteiger charge is -2.16. The lowest BCUT2D eigenvalue weighted by atomic mass is 10.1. The van der Waals surface area contributed by atoms with Gasteiger partial charge in [0.1, 0.15) is 0 Å². The maximum Gasteiger partial charge on any atom is 0.416 e. The molecule has 0 spiro atoms. The largest absolute Gasteiger partial charge is 0.416 e. The Kier molecular flexibility index (Phi) is 5.07. The van der Waals surface area contributed by atoms with Crippen LogP contribution < -0.4 is 10.9 Å². The molecule has 0 fully saturated rings. The van der Waals surface area contributed by atoms with Gasteiger partial charge in [0, 0.05) is 30.9 Å². The molecule has 0 unspecified atom stereocenters. The summed E-state index contributed by atoms with van der Waals surface area (Å²) in [6.07, 6.45) is -3.87. The van der Waals surface area contributed by atoms with Crippen molar-refractivity contribution in [2.24, 2.45) is 0 Å². The lowest BCUT2D eigenvalue weighted by Crippen LogP contribution is -2.28. The Morgan fingerprint density at radius 2 is 1.71 bits per heavy atom. The van der Waals surface area contributed by atoms with Crippen molar-refractivity contribution in [1.82, 2.24) is 14.1 Å². The van der Waals surface area contributed by atoms with Crippen LogP contribution in [0.25, 0.3) is 10.9 Å². The van der Waals surface area contributed by atoms with Crippen molar-refractivity contribution in [3.8, 4) is 0 Å². The van der Waals surface area contributed by atoms with Gasteiger partial charge in [-0.2, -0.15) is 18.2 Å². The van der Waals surface area contributed by atoms with Crippen molar-refractivity contribution in [3.63, 3.8) is 0 Å². The molecule has 0 bridgehead atoms. The molecule has 34 heavy (non-hydrogen) atoms. The third-order valence-corrected chi connectivity index (χ3v) is 6.39. The van der Waals surface area contributed by atoms with E-state index in [-0.39, 0.29) is 11.1 Å². The molecule has 3 heterocycles. The highest BCUT2D eigenvalue weighted by atomic mass is 19.4. The van der Waals surface area contributed by atoms with E-state index < -0.39 is 11.7 Å². The first-order chi connectivity index (χ1) is 16.0. The molecule has 5 rings (SSSR count). The van der Waals surface area contributed by atoms with Crippen molar-refractivity contribution in [2.45, 2.75) is 52.0 Å². The van der Waals surface area contributed by atoms with Gasteiger partial charge in [-0.3, -0.25) is 4.79 Å². The van der Waals surface area contributed by atoms with Gasteiger partial charge in [0.05, 0.1) is 22.0 Å². The number of nitrogens with one attached hydrogen (secondary N) is 1. The van der Waals surface area contributed by atoms with Gasteiger partial charge in [0.2, 0.25) is 5.95 Å². The molecule has 1 aliphatic rings.